The normalized spacial score (nSPS) is 10.5. The molecule has 0 radical (unpaired) electrons. The summed E-state index contributed by atoms with van der Waals surface area (Å²) in [7, 11) is 0. The van der Waals surface area contributed by atoms with E-state index >= 15 is 0 Å². The third-order valence-corrected chi connectivity index (χ3v) is 4.21. The number of alkyl halides is 2. The fourth-order valence-corrected chi connectivity index (χ4v) is 3.03. The van der Waals surface area contributed by atoms with Crippen LogP contribution in [0.4, 0.5) is 11.4 Å². The number of hydrogen-bond donors (Lipinski definition) is 1. The molecule has 0 aromatic heterocycles. The predicted molar refractivity (Wildman–Crippen MR) is 104 cm³/mol. The Bertz CT molecular complexity index is 683. The van der Waals surface area contributed by atoms with Crippen molar-refractivity contribution in [1.82, 2.24) is 0 Å². The van der Waals surface area contributed by atoms with E-state index in [1.54, 1.807) is 12.1 Å². The van der Waals surface area contributed by atoms with E-state index in [0.717, 1.165) is 35.6 Å². The van der Waals surface area contributed by atoms with E-state index in [4.69, 9.17) is 23.2 Å². The Labute approximate surface area is 153 Å². The van der Waals surface area contributed by atoms with Crippen LogP contribution < -0.4 is 10.2 Å². The highest BCUT2D eigenvalue weighted by molar-refractivity contribution is 6.18. The van der Waals surface area contributed by atoms with E-state index in [1.807, 2.05) is 38.1 Å². The van der Waals surface area contributed by atoms with Crippen molar-refractivity contribution < 1.29 is 4.79 Å². The Morgan fingerprint density at radius 3 is 2.21 bits per heavy atom. The number of halogens is 2. The van der Waals surface area contributed by atoms with E-state index in [9.17, 15) is 4.79 Å². The summed E-state index contributed by atoms with van der Waals surface area (Å²) in [5, 5.41) is 2.99. The lowest BCUT2D eigenvalue weighted by Gasteiger charge is -2.26. The van der Waals surface area contributed by atoms with Gasteiger partial charge in [-0.05, 0) is 49.2 Å². The molecule has 1 N–H and O–H groups in total. The van der Waals surface area contributed by atoms with Crippen molar-refractivity contribution in [3.63, 3.8) is 0 Å². The summed E-state index contributed by atoms with van der Waals surface area (Å²) in [6.45, 7) is 5.50. The van der Waals surface area contributed by atoms with Crippen LogP contribution in [0.1, 0.15) is 21.5 Å². The quantitative estimate of drug-likeness (QED) is 0.712. The first-order valence-electron chi connectivity index (χ1n) is 7.91. The lowest BCUT2D eigenvalue weighted by atomic mass is 10.1. The number of benzene rings is 2. The summed E-state index contributed by atoms with van der Waals surface area (Å²) in [5.41, 5.74) is 4.66. The molecule has 0 saturated carbocycles. The minimum absolute atomic E-state index is 0.107. The molecule has 0 atom stereocenters. The average Bonchev–Trinajstić information content (AvgIpc) is 2.58. The SMILES string of the molecule is Cc1cc(N(CCCl)CCCl)c(C)cc1NC(=O)c1ccccc1. The van der Waals surface area contributed by atoms with Crippen LogP contribution in [0.5, 0.6) is 0 Å². The number of rotatable bonds is 7. The molecule has 2 aromatic carbocycles. The van der Waals surface area contributed by atoms with Crippen molar-refractivity contribution in [3.8, 4) is 0 Å². The van der Waals surface area contributed by atoms with Crippen LogP contribution in [0.25, 0.3) is 0 Å². The number of aryl methyl sites for hydroxylation is 2. The van der Waals surface area contributed by atoms with Gasteiger partial charge in [0.2, 0.25) is 0 Å². The zero-order chi connectivity index (χ0) is 17.5. The van der Waals surface area contributed by atoms with Crippen molar-refractivity contribution in [1.29, 1.82) is 0 Å². The molecule has 0 unspecified atom stereocenters. The van der Waals surface area contributed by atoms with Gasteiger partial charge in [0.25, 0.3) is 5.91 Å². The molecule has 2 rings (SSSR count). The second-order valence-electron chi connectivity index (χ2n) is 5.64. The van der Waals surface area contributed by atoms with Crippen molar-refractivity contribution in [3.05, 3.63) is 59.2 Å². The van der Waals surface area contributed by atoms with E-state index in [1.165, 1.54) is 0 Å². The third kappa shape index (κ3) is 4.65. The molecule has 0 saturated heterocycles. The maximum absolute atomic E-state index is 12.3. The second-order valence-corrected chi connectivity index (χ2v) is 6.39. The van der Waals surface area contributed by atoms with Crippen molar-refractivity contribution in [2.24, 2.45) is 0 Å². The Morgan fingerprint density at radius 2 is 1.62 bits per heavy atom. The Kier molecular flexibility index (Phi) is 6.95. The molecule has 2 aromatic rings. The molecule has 0 heterocycles. The highest BCUT2D eigenvalue weighted by Gasteiger charge is 2.13. The topological polar surface area (TPSA) is 32.3 Å². The Morgan fingerprint density at radius 1 is 1.00 bits per heavy atom. The number of hydrogen-bond acceptors (Lipinski definition) is 2. The highest BCUT2D eigenvalue weighted by Crippen LogP contribution is 2.28. The van der Waals surface area contributed by atoms with Crippen LogP contribution in [-0.2, 0) is 0 Å². The van der Waals surface area contributed by atoms with Gasteiger partial charge in [0, 0.05) is 41.8 Å². The first kappa shape index (κ1) is 18.6. The molecule has 24 heavy (non-hydrogen) atoms. The van der Waals surface area contributed by atoms with Gasteiger partial charge in [0.1, 0.15) is 0 Å². The average molecular weight is 365 g/mol. The number of carbonyl (C=O) groups is 1. The van der Waals surface area contributed by atoms with Gasteiger partial charge in [0.15, 0.2) is 0 Å². The summed E-state index contributed by atoms with van der Waals surface area (Å²) in [6.07, 6.45) is 0. The molecular formula is C19H22Cl2N2O. The molecular weight excluding hydrogens is 343 g/mol. The van der Waals surface area contributed by atoms with Crippen LogP contribution in [0, 0.1) is 13.8 Å². The summed E-state index contributed by atoms with van der Waals surface area (Å²) in [5.74, 6) is 0.980. The molecule has 0 aliphatic rings. The molecule has 0 aliphatic carbocycles. The summed E-state index contributed by atoms with van der Waals surface area (Å²) >= 11 is 11.8. The summed E-state index contributed by atoms with van der Waals surface area (Å²) in [6, 6.07) is 13.3. The second kappa shape index (κ2) is 8.95. The first-order chi connectivity index (χ1) is 11.6. The van der Waals surface area contributed by atoms with Crippen molar-refractivity contribution >= 4 is 40.5 Å². The zero-order valence-corrected chi connectivity index (χ0v) is 15.5. The zero-order valence-electron chi connectivity index (χ0n) is 14.0. The number of anilines is 2. The summed E-state index contributed by atoms with van der Waals surface area (Å²) in [4.78, 5) is 14.5. The number of nitrogens with zero attached hydrogens (tertiary/aromatic N) is 1. The van der Waals surface area contributed by atoms with Gasteiger partial charge in [-0.25, -0.2) is 0 Å². The van der Waals surface area contributed by atoms with Crippen LogP contribution in [-0.4, -0.2) is 30.8 Å². The predicted octanol–water partition coefficient (Wildman–Crippen LogP) is 4.84. The van der Waals surface area contributed by atoms with Gasteiger partial charge < -0.3 is 10.2 Å². The van der Waals surface area contributed by atoms with Gasteiger partial charge >= 0.3 is 0 Å². The first-order valence-corrected chi connectivity index (χ1v) is 8.98. The van der Waals surface area contributed by atoms with Gasteiger partial charge in [0.05, 0.1) is 0 Å². The van der Waals surface area contributed by atoms with Gasteiger partial charge in [-0.3, -0.25) is 4.79 Å². The van der Waals surface area contributed by atoms with E-state index in [-0.39, 0.29) is 5.91 Å². The largest absolute Gasteiger partial charge is 0.369 e. The molecule has 128 valence electrons. The molecule has 0 bridgehead atoms. The van der Waals surface area contributed by atoms with Gasteiger partial charge in [-0.15, -0.1) is 23.2 Å². The van der Waals surface area contributed by atoms with E-state index < -0.39 is 0 Å². The van der Waals surface area contributed by atoms with Crippen LogP contribution >= 0.6 is 23.2 Å². The molecule has 0 aliphatic heterocycles. The maximum Gasteiger partial charge on any atom is 0.255 e. The minimum Gasteiger partial charge on any atom is -0.369 e. The van der Waals surface area contributed by atoms with Crippen molar-refractivity contribution in [2.45, 2.75) is 13.8 Å². The number of amides is 1. The molecule has 0 fully saturated rings. The van der Waals surface area contributed by atoms with Gasteiger partial charge in [-0.2, -0.15) is 0 Å². The van der Waals surface area contributed by atoms with Gasteiger partial charge in [-0.1, -0.05) is 18.2 Å². The van der Waals surface area contributed by atoms with E-state index in [0.29, 0.717) is 17.3 Å². The maximum atomic E-state index is 12.3. The highest BCUT2D eigenvalue weighted by atomic mass is 35.5. The molecule has 1 amide bonds. The summed E-state index contributed by atoms with van der Waals surface area (Å²) < 4.78 is 0. The Balaban J connectivity index is 2.24. The Hall–Kier alpha value is -1.71. The lowest BCUT2D eigenvalue weighted by Crippen LogP contribution is -2.28. The standard InChI is InChI=1S/C19H22Cl2N2O/c1-14-13-18(23(10-8-20)11-9-21)15(2)12-17(14)22-19(24)16-6-4-3-5-7-16/h3-7,12-13H,8-11H2,1-2H3,(H,22,24). The fourth-order valence-electron chi connectivity index (χ4n) is 2.62. The minimum atomic E-state index is -0.107. The lowest BCUT2D eigenvalue weighted by molar-refractivity contribution is 0.102. The number of nitrogens with one attached hydrogen (secondary N) is 1. The van der Waals surface area contributed by atoms with Crippen LogP contribution in [0.2, 0.25) is 0 Å². The third-order valence-electron chi connectivity index (χ3n) is 3.88. The van der Waals surface area contributed by atoms with Crippen LogP contribution in [0.15, 0.2) is 42.5 Å². The smallest absolute Gasteiger partial charge is 0.255 e. The molecule has 0 spiro atoms. The van der Waals surface area contributed by atoms with E-state index in [2.05, 4.69) is 16.3 Å². The number of carbonyl (C=O) groups excluding carboxylic acids is 1. The monoisotopic (exact) mass is 364 g/mol. The van der Waals surface area contributed by atoms with Crippen LogP contribution in [0.3, 0.4) is 0 Å². The molecule has 3 nitrogen and oxygen atoms in total. The van der Waals surface area contributed by atoms with Crippen molar-refractivity contribution in [2.75, 3.05) is 35.1 Å². The molecule has 5 heteroatoms. The fraction of sp³-hybridized carbons (Fsp3) is 0.316.